The van der Waals surface area contributed by atoms with E-state index in [1.54, 1.807) is 11.1 Å². The molecule has 1 saturated heterocycles. The molecule has 4 nitrogen and oxygen atoms in total. The second-order valence-electron chi connectivity index (χ2n) is 6.38. The van der Waals surface area contributed by atoms with Crippen molar-refractivity contribution in [1.82, 2.24) is 15.1 Å². The van der Waals surface area contributed by atoms with Crippen LogP contribution < -0.4 is 10.6 Å². The van der Waals surface area contributed by atoms with Gasteiger partial charge in [0.05, 0.1) is 11.7 Å². The number of fused-ring (bicyclic) bond motifs is 2. The lowest BCUT2D eigenvalue weighted by molar-refractivity contribution is 0.402. The summed E-state index contributed by atoms with van der Waals surface area (Å²) in [5.74, 6) is 1.24. The molecule has 0 saturated carbocycles. The van der Waals surface area contributed by atoms with Gasteiger partial charge in [-0.15, -0.1) is 0 Å². The SMILES string of the molecule is Cn1nc([C@@H]2CCCCN2)c2c1NCC1=C2CCCC1. The van der Waals surface area contributed by atoms with Crippen molar-refractivity contribution < 1.29 is 0 Å². The minimum Gasteiger partial charge on any atom is -0.366 e. The van der Waals surface area contributed by atoms with Gasteiger partial charge < -0.3 is 10.6 Å². The van der Waals surface area contributed by atoms with Gasteiger partial charge >= 0.3 is 0 Å². The van der Waals surface area contributed by atoms with Crippen LogP contribution in [0.3, 0.4) is 0 Å². The van der Waals surface area contributed by atoms with Crippen molar-refractivity contribution in [2.24, 2.45) is 7.05 Å². The summed E-state index contributed by atoms with van der Waals surface area (Å²) in [6.45, 7) is 2.16. The predicted octanol–water partition coefficient (Wildman–Crippen LogP) is 2.99. The summed E-state index contributed by atoms with van der Waals surface area (Å²) in [6.07, 6.45) is 9.06. The molecule has 1 fully saturated rings. The Morgan fingerprint density at radius 2 is 2.05 bits per heavy atom. The molecular weight excluding hydrogens is 248 g/mol. The van der Waals surface area contributed by atoms with E-state index in [0.29, 0.717) is 6.04 Å². The highest BCUT2D eigenvalue weighted by molar-refractivity contribution is 5.82. The molecule has 0 unspecified atom stereocenters. The third-order valence-corrected chi connectivity index (χ3v) is 5.07. The Morgan fingerprint density at radius 3 is 2.90 bits per heavy atom. The number of aryl methyl sites for hydroxylation is 1. The Bertz CT molecular complexity index is 549. The molecule has 3 aliphatic rings. The molecule has 1 atom stereocenters. The lowest BCUT2D eigenvalue weighted by Crippen LogP contribution is -2.28. The molecule has 1 aliphatic carbocycles. The van der Waals surface area contributed by atoms with Gasteiger partial charge in [-0.1, -0.05) is 6.42 Å². The normalized spacial score (nSPS) is 25.9. The molecule has 0 amide bonds. The third-order valence-electron chi connectivity index (χ3n) is 5.07. The van der Waals surface area contributed by atoms with Gasteiger partial charge in [0.2, 0.25) is 0 Å². The van der Waals surface area contributed by atoms with E-state index in [-0.39, 0.29) is 0 Å². The molecule has 1 aromatic heterocycles. The first-order valence-electron chi connectivity index (χ1n) is 8.10. The van der Waals surface area contributed by atoms with Crippen LogP contribution in [0.15, 0.2) is 5.57 Å². The maximum atomic E-state index is 4.86. The van der Waals surface area contributed by atoms with Gasteiger partial charge in [-0.25, -0.2) is 0 Å². The van der Waals surface area contributed by atoms with Crippen LogP contribution in [0.5, 0.6) is 0 Å². The summed E-state index contributed by atoms with van der Waals surface area (Å²) in [4.78, 5) is 0. The summed E-state index contributed by atoms with van der Waals surface area (Å²) in [5, 5.41) is 12.1. The molecule has 4 rings (SSSR count). The van der Waals surface area contributed by atoms with Crippen LogP contribution in [-0.2, 0) is 7.05 Å². The molecule has 0 bridgehead atoms. The standard InChI is InChI=1S/C16H24N4/c1-20-16-14(12-7-3-2-6-11(12)10-18-16)15(19-20)13-8-4-5-9-17-13/h13,17-18H,2-10H2,1H3/t13-/m0/s1. The molecule has 2 N–H and O–H groups in total. The lowest BCUT2D eigenvalue weighted by atomic mass is 9.83. The Hall–Kier alpha value is -1.29. The van der Waals surface area contributed by atoms with Crippen molar-refractivity contribution in [2.45, 2.75) is 51.0 Å². The number of nitrogens with one attached hydrogen (secondary N) is 2. The summed E-state index contributed by atoms with van der Waals surface area (Å²) in [7, 11) is 2.08. The van der Waals surface area contributed by atoms with Crippen LogP contribution in [0, 0.1) is 0 Å². The van der Waals surface area contributed by atoms with E-state index < -0.39 is 0 Å². The molecule has 3 heterocycles. The van der Waals surface area contributed by atoms with Crippen LogP contribution in [0.25, 0.3) is 5.57 Å². The van der Waals surface area contributed by atoms with Gasteiger partial charge in [0.1, 0.15) is 5.82 Å². The molecule has 20 heavy (non-hydrogen) atoms. The van der Waals surface area contributed by atoms with Gasteiger partial charge in [0.25, 0.3) is 0 Å². The van der Waals surface area contributed by atoms with Gasteiger partial charge in [-0.2, -0.15) is 5.10 Å². The van der Waals surface area contributed by atoms with Crippen molar-refractivity contribution in [2.75, 3.05) is 18.4 Å². The zero-order valence-electron chi connectivity index (χ0n) is 12.3. The smallest absolute Gasteiger partial charge is 0.132 e. The van der Waals surface area contributed by atoms with E-state index in [2.05, 4.69) is 22.4 Å². The molecular formula is C16H24N4. The first-order chi connectivity index (χ1) is 9.84. The monoisotopic (exact) mass is 272 g/mol. The van der Waals surface area contributed by atoms with Gasteiger partial charge in [0, 0.05) is 19.2 Å². The predicted molar refractivity (Wildman–Crippen MR) is 81.7 cm³/mol. The number of aromatic nitrogens is 2. The van der Waals surface area contributed by atoms with Crippen molar-refractivity contribution in [3.05, 3.63) is 16.8 Å². The maximum absolute atomic E-state index is 4.86. The highest BCUT2D eigenvalue weighted by atomic mass is 15.3. The van der Waals surface area contributed by atoms with E-state index in [9.17, 15) is 0 Å². The number of piperidine rings is 1. The zero-order valence-corrected chi connectivity index (χ0v) is 12.3. The Morgan fingerprint density at radius 1 is 1.15 bits per heavy atom. The molecule has 108 valence electrons. The van der Waals surface area contributed by atoms with Crippen LogP contribution in [0.2, 0.25) is 0 Å². The number of anilines is 1. The highest BCUT2D eigenvalue weighted by Crippen LogP contribution is 2.43. The number of nitrogens with zero attached hydrogens (tertiary/aromatic N) is 2. The van der Waals surface area contributed by atoms with E-state index in [4.69, 9.17) is 5.10 Å². The van der Waals surface area contributed by atoms with Crippen LogP contribution in [-0.4, -0.2) is 22.9 Å². The fourth-order valence-corrected chi connectivity index (χ4v) is 4.03. The van der Waals surface area contributed by atoms with Crippen LogP contribution in [0.1, 0.15) is 62.2 Å². The number of rotatable bonds is 1. The average Bonchev–Trinajstić information content (AvgIpc) is 2.86. The molecule has 0 radical (unpaired) electrons. The van der Waals surface area contributed by atoms with E-state index >= 15 is 0 Å². The largest absolute Gasteiger partial charge is 0.366 e. The summed E-state index contributed by atoms with van der Waals surface area (Å²) in [5.41, 5.74) is 5.98. The van der Waals surface area contributed by atoms with Gasteiger partial charge in [-0.3, -0.25) is 4.68 Å². The Kier molecular flexibility index (Phi) is 3.06. The molecule has 0 spiro atoms. The fraction of sp³-hybridized carbons (Fsp3) is 0.688. The molecule has 0 aromatic carbocycles. The van der Waals surface area contributed by atoms with Crippen molar-refractivity contribution in [3.8, 4) is 0 Å². The third kappa shape index (κ3) is 1.89. The first kappa shape index (κ1) is 12.5. The maximum Gasteiger partial charge on any atom is 0.132 e. The average molecular weight is 272 g/mol. The van der Waals surface area contributed by atoms with E-state index in [0.717, 1.165) is 13.1 Å². The van der Waals surface area contributed by atoms with Crippen LogP contribution in [0.4, 0.5) is 5.82 Å². The zero-order chi connectivity index (χ0) is 13.5. The first-order valence-corrected chi connectivity index (χ1v) is 8.10. The Labute approximate surface area is 120 Å². The molecule has 1 aromatic rings. The second kappa shape index (κ2) is 4.92. The summed E-state index contributed by atoms with van der Waals surface area (Å²) >= 11 is 0. The highest BCUT2D eigenvalue weighted by Gasteiger charge is 2.31. The number of hydrogen-bond acceptors (Lipinski definition) is 3. The Balaban J connectivity index is 1.80. The van der Waals surface area contributed by atoms with Gasteiger partial charge in [-0.05, 0) is 56.2 Å². The van der Waals surface area contributed by atoms with E-state index in [1.165, 1.54) is 62.0 Å². The minimum absolute atomic E-state index is 0.453. The van der Waals surface area contributed by atoms with Crippen molar-refractivity contribution >= 4 is 11.4 Å². The second-order valence-corrected chi connectivity index (χ2v) is 6.38. The van der Waals surface area contributed by atoms with Crippen LogP contribution >= 0.6 is 0 Å². The number of hydrogen-bond donors (Lipinski definition) is 2. The summed E-state index contributed by atoms with van der Waals surface area (Å²) in [6, 6.07) is 0.453. The fourth-order valence-electron chi connectivity index (χ4n) is 4.03. The van der Waals surface area contributed by atoms with Crippen molar-refractivity contribution in [1.29, 1.82) is 0 Å². The molecule has 2 aliphatic heterocycles. The topological polar surface area (TPSA) is 41.9 Å². The van der Waals surface area contributed by atoms with E-state index in [1.807, 2.05) is 0 Å². The lowest BCUT2D eigenvalue weighted by Gasteiger charge is -2.29. The van der Waals surface area contributed by atoms with Gasteiger partial charge in [0.15, 0.2) is 0 Å². The summed E-state index contributed by atoms with van der Waals surface area (Å²) < 4.78 is 2.05. The quantitative estimate of drug-likeness (QED) is 0.826. The molecule has 4 heteroatoms. The van der Waals surface area contributed by atoms with Crippen molar-refractivity contribution in [3.63, 3.8) is 0 Å². The minimum atomic E-state index is 0.453. The number of allylic oxidation sites excluding steroid dienone is 1.